The van der Waals surface area contributed by atoms with E-state index in [1.807, 2.05) is 6.07 Å². The number of rotatable bonds is 5. The highest BCUT2D eigenvalue weighted by Gasteiger charge is 2.32. The Kier molecular flexibility index (Phi) is 5.60. The summed E-state index contributed by atoms with van der Waals surface area (Å²) in [6.07, 6.45) is 1.18. The number of methoxy groups -OCH3 is 2. The molecule has 0 heterocycles. The first-order valence-corrected chi connectivity index (χ1v) is 4.43. The minimum atomic E-state index is -1.52. The lowest BCUT2D eigenvalue weighted by molar-refractivity contribution is -0.142. The molecule has 0 saturated carbocycles. The van der Waals surface area contributed by atoms with Crippen LogP contribution >= 0.6 is 0 Å². The van der Waals surface area contributed by atoms with Gasteiger partial charge in [0, 0.05) is 25.9 Å². The summed E-state index contributed by atoms with van der Waals surface area (Å²) in [4.78, 5) is 11.1. The second kappa shape index (κ2) is 6.17. The van der Waals surface area contributed by atoms with E-state index in [9.17, 15) is 4.79 Å². The molecule has 0 aromatic heterocycles. The number of carbonyl (C=O) groups is 1. The SMILES string of the molecule is CCOC(=O)/C=C(/C)C(C#N)(OC)OC. The van der Waals surface area contributed by atoms with Crippen LogP contribution < -0.4 is 0 Å². The summed E-state index contributed by atoms with van der Waals surface area (Å²) >= 11 is 0. The van der Waals surface area contributed by atoms with Crippen molar-refractivity contribution in [1.82, 2.24) is 0 Å². The van der Waals surface area contributed by atoms with Crippen LogP contribution in [0.3, 0.4) is 0 Å². The molecule has 0 rings (SSSR count). The minimum Gasteiger partial charge on any atom is -0.463 e. The Morgan fingerprint density at radius 2 is 2.00 bits per heavy atom. The minimum absolute atomic E-state index is 0.280. The lowest BCUT2D eigenvalue weighted by Crippen LogP contribution is -2.33. The lowest BCUT2D eigenvalue weighted by Gasteiger charge is -2.23. The molecule has 0 aliphatic heterocycles. The largest absolute Gasteiger partial charge is 0.463 e. The highest BCUT2D eigenvalue weighted by Crippen LogP contribution is 2.20. The summed E-state index contributed by atoms with van der Waals surface area (Å²) in [5.41, 5.74) is 0.341. The quantitative estimate of drug-likeness (QED) is 0.387. The predicted octanol–water partition coefficient (Wildman–Crippen LogP) is 1.01. The Bertz CT molecular complexity index is 286. The molecule has 0 aromatic rings. The van der Waals surface area contributed by atoms with Crippen molar-refractivity contribution in [2.24, 2.45) is 0 Å². The molecule has 15 heavy (non-hydrogen) atoms. The normalized spacial score (nSPS) is 12.1. The highest BCUT2D eigenvalue weighted by molar-refractivity contribution is 5.83. The fourth-order valence-corrected chi connectivity index (χ4v) is 1.04. The molecule has 0 fully saturated rings. The summed E-state index contributed by atoms with van der Waals surface area (Å²) in [6, 6.07) is 1.84. The van der Waals surface area contributed by atoms with Crippen molar-refractivity contribution in [2.45, 2.75) is 19.6 Å². The summed E-state index contributed by atoms with van der Waals surface area (Å²) in [5.74, 6) is -2.05. The zero-order valence-electron chi connectivity index (χ0n) is 9.36. The fraction of sp³-hybridized carbons (Fsp3) is 0.600. The molecule has 0 saturated heterocycles. The average molecular weight is 213 g/mol. The number of nitrogens with zero attached hydrogens (tertiary/aromatic N) is 1. The molecule has 0 bridgehead atoms. The van der Waals surface area contributed by atoms with Crippen LogP contribution in [0.4, 0.5) is 0 Å². The van der Waals surface area contributed by atoms with Gasteiger partial charge in [-0.1, -0.05) is 0 Å². The molecule has 5 nitrogen and oxygen atoms in total. The Hall–Kier alpha value is -1.38. The number of carbonyl (C=O) groups excluding carboxylic acids is 1. The fourth-order valence-electron chi connectivity index (χ4n) is 1.04. The summed E-state index contributed by atoms with van der Waals surface area (Å²) in [5, 5.41) is 8.90. The molecule has 0 spiro atoms. The zero-order valence-corrected chi connectivity index (χ0v) is 9.36. The number of esters is 1. The van der Waals surface area contributed by atoms with Gasteiger partial charge in [-0.15, -0.1) is 0 Å². The van der Waals surface area contributed by atoms with Gasteiger partial charge >= 0.3 is 5.97 Å². The Labute approximate surface area is 89.2 Å². The third-order valence-electron chi connectivity index (χ3n) is 1.86. The van der Waals surface area contributed by atoms with Crippen LogP contribution in [0, 0.1) is 11.3 Å². The van der Waals surface area contributed by atoms with Crippen molar-refractivity contribution >= 4 is 5.97 Å². The van der Waals surface area contributed by atoms with Gasteiger partial charge in [-0.05, 0) is 13.8 Å². The number of ether oxygens (including phenoxy) is 3. The van der Waals surface area contributed by atoms with Crippen LogP contribution in [0.1, 0.15) is 13.8 Å². The van der Waals surface area contributed by atoms with Gasteiger partial charge in [0.2, 0.25) is 0 Å². The van der Waals surface area contributed by atoms with Crippen LogP contribution in [0.5, 0.6) is 0 Å². The van der Waals surface area contributed by atoms with E-state index in [1.54, 1.807) is 13.8 Å². The van der Waals surface area contributed by atoms with E-state index in [0.717, 1.165) is 0 Å². The molecule has 0 aliphatic rings. The van der Waals surface area contributed by atoms with Crippen molar-refractivity contribution in [3.05, 3.63) is 11.6 Å². The predicted molar refractivity (Wildman–Crippen MR) is 52.8 cm³/mol. The number of hydrogen-bond donors (Lipinski definition) is 0. The van der Waals surface area contributed by atoms with E-state index in [2.05, 4.69) is 0 Å². The van der Waals surface area contributed by atoms with E-state index >= 15 is 0 Å². The first-order chi connectivity index (χ1) is 7.06. The summed E-state index contributed by atoms with van der Waals surface area (Å²) in [7, 11) is 2.66. The van der Waals surface area contributed by atoms with E-state index in [-0.39, 0.29) is 6.61 Å². The molecule has 5 heteroatoms. The van der Waals surface area contributed by atoms with Crippen molar-refractivity contribution < 1.29 is 19.0 Å². The Morgan fingerprint density at radius 3 is 2.33 bits per heavy atom. The van der Waals surface area contributed by atoms with Gasteiger partial charge in [0.15, 0.2) is 0 Å². The maximum atomic E-state index is 11.1. The molecule has 0 aromatic carbocycles. The summed E-state index contributed by atoms with van der Waals surface area (Å²) in [6.45, 7) is 3.54. The molecule has 84 valence electrons. The van der Waals surface area contributed by atoms with E-state index in [1.165, 1.54) is 20.3 Å². The first kappa shape index (κ1) is 13.6. The van der Waals surface area contributed by atoms with Crippen LogP contribution in [0.2, 0.25) is 0 Å². The average Bonchev–Trinajstić information content (AvgIpc) is 2.21. The molecule has 0 atom stereocenters. The Balaban J connectivity index is 4.87. The van der Waals surface area contributed by atoms with Gasteiger partial charge in [-0.2, -0.15) is 5.26 Å². The topological polar surface area (TPSA) is 68.6 Å². The second-order valence-electron chi connectivity index (χ2n) is 2.72. The van der Waals surface area contributed by atoms with Gasteiger partial charge in [0.25, 0.3) is 5.79 Å². The van der Waals surface area contributed by atoms with Crippen molar-refractivity contribution in [1.29, 1.82) is 5.26 Å². The van der Waals surface area contributed by atoms with Gasteiger partial charge in [0.05, 0.1) is 6.61 Å². The van der Waals surface area contributed by atoms with Gasteiger partial charge in [0.1, 0.15) is 6.07 Å². The highest BCUT2D eigenvalue weighted by atomic mass is 16.7. The molecule has 0 N–H and O–H groups in total. The molecule has 0 unspecified atom stereocenters. The first-order valence-electron chi connectivity index (χ1n) is 4.43. The third kappa shape index (κ3) is 3.35. The lowest BCUT2D eigenvalue weighted by atomic mass is 10.1. The number of hydrogen-bond acceptors (Lipinski definition) is 5. The van der Waals surface area contributed by atoms with Gasteiger partial charge in [-0.3, -0.25) is 0 Å². The number of nitriles is 1. The monoisotopic (exact) mass is 213 g/mol. The van der Waals surface area contributed by atoms with E-state index < -0.39 is 11.8 Å². The maximum absolute atomic E-state index is 11.1. The summed E-state index contributed by atoms with van der Waals surface area (Å²) < 4.78 is 14.5. The molecular weight excluding hydrogens is 198 g/mol. The van der Waals surface area contributed by atoms with E-state index in [0.29, 0.717) is 5.57 Å². The second-order valence-corrected chi connectivity index (χ2v) is 2.72. The maximum Gasteiger partial charge on any atom is 0.330 e. The smallest absolute Gasteiger partial charge is 0.330 e. The van der Waals surface area contributed by atoms with Crippen LogP contribution in [-0.4, -0.2) is 32.6 Å². The molecule has 0 amide bonds. The molecule has 0 radical (unpaired) electrons. The third-order valence-corrected chi connectivity index (χ3v) is 1.86. The van der Waals surface area contributed by atoms with Crippen molar-refractivity contribution in [2.75, 3.05) is 20.8 Å². The zero-order chi connectivity index (χ0) is 11.9. The molecular formula is C10H15NO4. The van der Waals surface area contributed by atoms with Crippen LogP contribution in [0.15, 0.2) is 11.6 Å². The standard InChI is InChI=1S/C10H15NO4/c1-5-15-9(12)6-8(2)10(7-11,13-3)14-4/h6H,5H2,1-4H3/b8-6-. The molecule has 0 aliphatic carbocycles. The van der Waals surface area contributed by atoms with Crippen LogP contribution in [-0.2, 0) is 19.0 Å². The van der Waals surface area contributed by atoms with Gasteiger partial charge < -0.3 is 14.2 Å². The van der Waals surface area contributed by atoms with Crippen LogP contribution in [0.25, 0.3) is 0 Å². The van der Waals surface area contributed by atoms with E-state index in [4.69, 9.17) is 19.5 Å². The van der Waals surface area contributed by atoms with Crippen molar-refractivity contribution in [3.63, 3.8) is 0 Å². The van der Waals surface area contributed by atoms with Gasteiger partial charge in [-0.25, -0.2) is 4.79 Å². The Morgan fingerprint density at radius 1 is 1.47 bits per heavy atom. The van der Waals surface area contributed by atoms with Crippen molar-refractivity contribution in [3.8, 4) is 6.07 Å².